The Bertz CT molecular complexity index is 580. The van der Waals surface area contributed by atoms with Crippen LogP contribution in [0.4, 0.5) is 13.2 Å². The number of nitrogens with zero attached hydrogens (tertiary/aromatic N) is 3. The van der Waals surface area contributed by atoms with Crippen LogP contribution >= 0.6 is 0 Å². The van der Waals surface area contributed by atoms with Crippen LogP contribution in [0.5, 0.6) is 0 Å². The van der Waals surface area contributed by atoms with Crippen molar-refractivity contribution in [3.63, 3.8) is 0 Å². The minimum atomic E-state index is -4.52. The minimum Gasteiger partial charge on any atom is -0.348 e. The molecule has 0 spiro atoms. The highest BCUT2D eigenvalue weighted by Gasteiger charge is 2.31. The number of hydrogen-bond acceptors (Lipinski definition) is 3. The van der Waals surface area contributed by atoms with Crippen LogP contribution in [0.1, 0.15) is 12.2 Å². The number of halogens is 3. The van der Waals surface area contributed by atoms with Crippen molar-refractivity contribution in [2.24, 2.45) is 0 Å². The van der Waals surface area contributed by atoms with E-state index in [9.17, 15) is 18.0 Å². The van der Waals surface area contributed by atoms with Gasteiger partial charge in [-0.2, -0.15) is 13.2 Å². The molecule has 1 heterocycles. The van der Waals surface area contributed by atoms with Crippen LogP contribution in [0, 0.1) is 0 Å². The first-order valence-corrected chi connectivity index (χ1v) is 5.73. The number of carbonyl (C=O) groups excluding carboxylic acids is 1. The van der Waals surface area contributed by atoms with Gasteiger partial charge in [0.05, 0.1) is 6.54 Å². The highest BCUT2D eigenvalue weighted by atomic mass is 19.4. The maximum Gasteiger partial charge on any atom is 0.397 e. The number of alkyl halides is 3. The van der Waals surface area contributed by atoms with Crippen molar-refractivity contribution in [2.45, 2.75) is 19.1 Å². The van der Waals surface area contributed by atoms with E-state index in [0.717, 1.165) is 5.69 Å². The third-order valence-electron chi connectivity index (χ3n) is 2.46. The molecule has 2 aromatic rings. The molecule has 106 valence electrons. The van der Waals surface area contributed by atoms with E-state index in [1.54, 1.807) is 28.8 Å². The van der Waals surface area contributed by atoms with Gasteiger partial charge in [-0.05, 0) is 12.1 Å². The van der Waals surface area contributed by atoms with Crippen molar-refractivity contribution >= 4 is 5.91 Å². The van der Waals surface area contributed by atoms with Crippen LogP contribution in [0.2, 0.25) is 0 Å². The second kappa shape index (κ2) is 5.72. The summed E-state index contributed by atoms with van der Waals surface area (Å²) in [6.45, 7) is -0.121. The maximum atomic E-state index is 12.0. The molecule has 20 heavy (non-hydrogen) atoms. The predicted octanol–water partition coefficient (Wildman–Crippen LogP) is 1.84. The van der Waals surface area contributed by atoms with Gasteiger partial charge in [-0.25, -0.2) is 0 Å². The fraction of sp³-hybridized carbons (Fsp3) is 0.250. The standard InChI is InChI=1S/C12H11F3N4O/c13-12(14,15)6-11(20)16-7-10-18-17-8-19(10)9-4-2-1-3-5-9/h1-5,8H,6-7H2,(H,16,20). The Labute approximate surface area is 112 Å². The highest BCUT2D eigenvalue weighted by Crippen LogP contribution is 2.19. The fourth-order valence-corrected chi connectivity index (χ4v) is 1.61. The largest absolute Gasteiger partial charge is 0.397 e. The van der Waals surface area contributed by atoms with Gasteiger partial charge < -0.3 is 5.32 Å². The van der Waals surface area contributed by atoms with E-state index in [0.29, 0.717) is 5.82 Å². The van der Waals surface area contributed by atoms with Gasteiger partial charge in [0.2, 0.25) is 5.91 Å². The Morgan fingerprint density at radius 1 is 1.25 bits per heavy atom. The monoisotopic (exact) mass is 284 g/mol. The van der Waals surface area contributed by atoms with Crippen molar-refractivity contribution in [1.82, 2.24) is 20.1 Å². The molecule has 1 aromatic heterocycles. The zero-order valence-corrected chi connectivity index (χ0v) is 10.3. The summed E-state index contributed by atoms with van der Waals surface area (Å²) >= 11 is 0. The second-order valence-electron chi connectivity index (χ2n) is 4.02. The van der Waals surface area contributed by atoms with E-state index in [1.807, 2.05) is 6.07 Å². The van der Waals surface area contributed by atoms with Crippen molar-refractivity contribution < 1.29 is 18.0 Å². The summed E-state index contributed by atoms with van der Waals surface area (Å²) in [5, 5.41) is 9.64. The molecule has 0 aliphatic carbocycles. The first-order chi connectivity index (χ1) is 9.46. The van der Waals surface area contributed by atoms with Crippen LogP contribution in [0.25, 0.3) is 5.69 Å². The number of para-hydroxylation sites is 1. The van der Waals surface area contributed by atoms with Gasteiger partial charge in [0.15, 0.2) is 5.82 Å². The number of nitrogens with one attached hydrogen (secondary N) is 1. The summed E-state index contributed by atoms with van der Waals surface area (Å²) in [5.41, 5.74) is 0.762. The average molecular weight is 284 g/mol. The number of benzene rings is 1. The molecule has 1 aromatic carbocycles. The van der Waals surface area contributed by atoms with Crippen LogP contribution in [-0.2, 0) is 11.3 Å². The molecule has 0 radical (unpaired) electrons. The smallest absolute Gasteiger partial charge is 0.348 e. The molecule has 0 saturated heterocycles. The van der Waals surface area contributed by atoms with E-state index in [4.69, 9.17) is 0 Å². The predicted molar refractivity (Wildman–Crippen MR) is 63.9 cm³/mol. The van der Waals surface area contributed by atoms with E-state index in [2.05, 4.69) is 15.5 Å². The van der Waals surface area contributed by atoms with Gasteiger partial charge in [-0.1, -0.05) is 18.2 Å². The van der Waals surface area contributed by atoms with Crippen LogP contribution in [0.3, 0.4) is 0 Å². The molecular weight excluding hydrogens is 273 g/mol. The van der Waals surface area contributed by atoms with E-state index < -0.39 is 18.5 Å². The Morgan fingerprint density at radius 3 is 2.60 bits per heavy atom. The quantitative estimate of drug-likeness (QED) is 0.932. The first kappa shape index (κ1) is 14.0. The Morgan fingerprint density at radius 2 is 1.95 bits per heavy atom. The van der Waals surface area contributed by atoms with Crippen molar-refractivity contribution in [3.05, 3.63) is 42.5 Å². The third-order valence-corrected chi connectivity index (χ3v) is 2.46. The van der Waals surface area contributed by atoms with Gasteiger partial charge >= 0.3 is 6.18 Å². The average Bonchev–Trinajstić information content (AvgIpc) is 2.83. The van der Waals surface area contributed by atoms with Crippen molar-refractivity contribution in [1.29, 1.82) is 0 Å². The lowest BCUT2D eigenvalue weighted by molar-refractivity contribution is -0.153. The number of rotatable bonds is 4. The SMILES string of the molecule is O=C(CC(F)(F)F)NCc1nncn1-c1ccccc1. The van der Waals surface area contributed by atoms with Gasteiger partial charge in [-0.3, -0.25) is 9.36 Å². The molecule has 0 bridgehead atoms. The lowest BCUT2D eigenvalue weighted by Gasteiger charge is -2.09. The molecule has 0 unspecified atom stereocenters. The molecule has 0 fully saturated rings. The molecule has 2 rings (SSSR count). The van der Waals surface area contributed by atoms with Crippen LogP contribution in [0.15, 0.2) is 36.7 Å². The molecule has 0 aliphatic rings. The number of aromatic nitrogens is 3. The van der Waals surface area contributed by atoms with Crippen LogP contribution in [-0.4, -0.2) is 26.8 Å². The van der Waals surface area contributed by atoms with Crippen molar-refractivity contribution in [3.8, 4) is 5.69 Å². The number of carbonyl (C=O) groups is 1. The second-order valence-corrected chi connectivity index (χ2v) is 4.02. The summed E-state index contributed by atoms with van der Waals surface area (Å²) in [6, 6.07) is 9.04. The molecular formula is C12H11F3N4O. The molecule has 0 aliphatic heterocycles. The third kappa shape index (κ3) is 3.81. The fourth-order valence-electron chi connectivity index (χ4n) is 1.61. The lowest BCUT2D eigenvalue weighted by Crippen LogP contribution is -2.29. The minimum absolute atomic E-state index is 0.121. The molecule has 5 nitrogen and oxygen atoms in total. The Balaban J connectivity index is 2.02. The topological polar surface area (TPSA) is 59.8 Å². The van der Waals surface area contributed by atoms with Crippen LogP contribution < -0.4 is 5.32 Å². The molecule has 0 saturated carbocycles. The molecule has 0 atom stereocenters. The molecule has 8 heteroatoms. The summed E-state index contributed by atoms with van der Waals surface area (Å²) < 4.78 is 37.7. The van der Waals surface area contributed by atoms with E-state index >= 15 is 0 Å². The summed E-state index contributed by atoms with van der Waals surface area (Å²) in [6.07, 6.45) is -4.59. The van der Waals surface area contributed by atoms with E-state index in [1.165, 1.54) is 6.33 Å². The Hall–Kier alpha value is -2.38. The summed E-state index contributed by atoms with van der Waals surface area (Å²) in [7, 11) is 0. The maximum absolute atomic E-state index is 12.0. The zero-order chi connectivity index (χ0) is 14.6. The zero-order valence-electron chi connectivity index (χ0n) is 10.3. The normalized spacial score (nSPS) is 11.3. The Kier molecular flexibility index (Phi) is 4.02. The molecule has 1 N–H and O–H groups in total. The van der Waals surface area contributed by atoms with Gasteiger partial charge in [0, 0.05) is 5.69 Å². The van der Waals surface area contributed by atoms with Gasteiger partial charge in [0.25, 0.3) is 0 Å². The van der Waals surface area contributed by atoms with Crippen molar-refractivity contribution in [2.75, 3.05) is 0 Å². The van der Waals surface area contributed by atoms with E-state index in [-0.39, 0.29) is 6.54 Å². The number of amides is 1. The molecule has 1 amide bonds. The summed E-state index contributed by atoms with van der Waals surface area (Å²) in [4.78, 5) is 11.1. The van der Waals surface area contributed by atoms with Gasteiger partial charge in [-0.15, -0.1) is 10.2 Å². The lowest BCUT2D eigenvalue weighted by atomic mass is 10.3. The summed E-state index contributed by atoms with van der Waals surface area (Å²) in [5.74, 6) is -0.744. The number of hydrogen-bond donors (Lipinski definition) is 1. The van der Waals surface area contributed by atoms with Gasteiger partial charge in [0.1, 0.15) is 12.7 Å². The first-order valence-electron chi connectivity index (χ1n) is 5.73. The highest BCUT2D eigenvalue weighted by molar-refractivity contribution is 5.76.